The number of aromatic nitrogens is 4. The highest BCUT2D eigenvalue weighted by atomic mass is 32.1. The van der Waals surface area contributed by atoms with Crippen LogP contribution in [0.2, 0.25) is 0 Å². The van der Waals surface area contributed by atoms with Gasteiger partial charge < -0.3 is 8.98 Å². The van der Waals surface area contributed by atoms with Crippen LogP contribution >= 0.6 is 11.3 Å². The highest BCUT2D eigenvalue weighted by molar-refractivity contribution is 7.26. The molecule has 0 spiro atoms. The molecule has 0 amide bonds. The molecule has 0 fully saturated rings. The fourth-order valence-corrected chi connectivity index (χ4v) is 9.81. The van der Waals surface area contributed by atoms with Crippen molar-refractivity contribution < 1.29 is 4.42 Å². The van der Waals surface area contributed by atoms with Gasteiger partial charge in [0.05, 0.1) is 22.1 Å². The molecule has 6 heteroatoms. The molecule has 0 saturated carbocycles. The average Bonchev–Trinajstić information content (AvgIpc) is 3.97. The Balaban J connectivity index is 1.15. The molecule has 12 aromatic rings. The van der Waals surface area contributed by atoms with Crippen molar-refractivity contribution in [1.82, 2.24) is 19.5 Å². The van der Waals surface area contributed by atoms with Gasteiger partial charge in [-0.15, -0.1) is 11.3 Å². The lowest BCUT2D eigenvalue weighted by Gasteiger charge is -2.12. The number of fused-ring (bicyclic) bond motifs is 9. The van der Waals surface area contributed by atoms with E-state index >= 15 is 0 Å². The Hall–Kier alpha value is -7.41. The first kappa shape index (κ1) is 31.9. The van der Waals surface area contributed by atoms with Crippen LogP contribution in [-0.2, 0) is 0 Å². The Kier molecular flexibility index (Phi) is 7.03. The molecule has 0 radical (unpaired) electrons. The molecule has 0 saturated heterocycles. The van der Waals surface area contributed by atoms with E-state index in [1.807, 2.05) is 36.4 Å². The first-order valence-corrected chi connectivity index (χ1v) is 19.8. The fraction of sp³-hybridized carbons (Fsp3) is 0. The third kappa shape index (κ3) is 4.91. The van der Waals surface area contributed by atoms with Gasteiger partial charge >= 0.3 is 0 Å². The monoisotopic (exact) mass is 746 g/mol. The first-order valence-electron chi connectivity index (χ1n) is 19.0. The van der Waals surface area contributed by atoms with Crippen molar-refractivity contribution in [3.05, 3.63) is 182 Å². The van der Waals surface area contributed by atoms with Gasteiger partial charge in [0.25, 0.3) is 0 Å². The van der Waals surface area contributed by atoms with Gasteiger partial charge in [0.15, 0.2) is 17.5 Å². The second kappa shape index (κ2) is 12.6. The van der Waals surface area contributed by atoms with Gasteiger partial charge in [-0.2, -0.15) is 0 Å². The van der Waals surface area contributed by atoms with Crippen molar-refractivity contribution in [1.29, 1.82) is 0 Å². The van der Waals surface area contributed by atoms with Gasteiger partial charge in [-0.3, -0.25) is 0 Å². The zero-order valence-corrected chi connectivity index (χ0v) is 31.2. The van der Waals surface area contributed by atoms with E-state index in [1.165, 1.54) is 25.6 Å². The maximum atomic E-state index is 6.72. The molecule has 0 atom stereocenters. The molecular formula is C51H30N4OS. The van der Waals surface area contributed by atoms with Gasteiger partial charge in [-0.1, -0.05) is 140 Å². The molecule has 57 heavy (non-hydrogen) atoms. The summed E-state index contributed by atoms with van der Waals surface area (Å²) in [5.74, 6) is 1.93. The first-order chi connectivity index (χ1) is 28.3. The van der Waals surface area contributed by atoms with Crippen LogP contribution in [0.25, 0.3) is 115 Å². The summed E-state index contributed by atoms with van der Waals surface area (Å²) in [6.07, 6.45) is 0. The van der Waals surface area contributed by atoms with E-state index in [2.05, 4.69) is 150 Å². The van der Waals surface area contributed by atoms with Crippen molar-refractivity contribution in [2.24, 2.45) is 0 Å². The normalized spacial score (nSPS) is 11.9. The molecule has 0 aliphatic heterocycles. The predicted molar refractivity (Wildman–Crippen MR) is 236 cm³/mol. The van der Waals surface area contributed by atoms with E-state index in [0.717, 1.165) is 71.9 Å². The smallest absolute Gasteiger partial charge is 0.164 e. The molecule has 0 aliphatic rings. The van der Waals surface area contributed by atoms with Gasteiger partial charge in [0.2, 0.25) is 0 Å². The summed E-state index contributed by atoms with van der Waals surface area (Å²) in [5, 5.41) is 6.93. The predicted octanol–water partition coefficient (Wildman–Crippen LogP) is 13.9. The zero-order chi connectivity index (χ0) is 37.5. The number of furan rings is 1. The van der Waals surface area contributed by atoms with Crippen LogP contribution in [0.15, 0.2) is 186 Å². The number of rotatable bonds is 5. The lowest BCUT2D eigenvalue weighted by molar-refractivity contribution is 0.669. The van der Waals surface area contributed by atoms with E-state index in [-0.39, 0.29) is 0 Å². The molecule has 0 unspecified atom stereocenters. The molecule has 0 aliphatic carbocycles. The quantitative estimate of drug-likeness (QED) is 0.176. The lowest BCUT2D eigenvalue weighted by Crippen LogP contribution is -2.00. The second-order valence-electron chi connectivity index (χ2n) is 14.3. The molecule has 5 nitrogen and oxygen atoms in total. The van der Waals surface area contributed by atoms with E-state index in [4.69, 9.17) is 19.4 Å². The summed E-state index contributed by atoms with van der Waals surface area (Å²) in [6.45, 7) is 0. The topological polar surface area (TPSA) is 56.7 Å². The van der Waals surface area contributed by atoms with Crippen LogP contribution in [0.1, 0.15) is 0 Å². The summed E-state index contributed by atoms with van der Waals surface area (Å²) in [7, 11) is 0. The minimum atomic E-state index is 0.642. The molecule has 266 valence electrons. The highest BCUT2D eigenvalue weighted by Crippen LogP contribution is 2.48. The van der Waals surface area contributed by atoms with Crippen molar-refractivity contribution in [3.8, 4) is 51.0 Å². The molecule has 0 bridgehead atoms. The Morgan fingerprint density at radius 2 is 0.842 bits per heavy atom. The number of hydrogen-bond donors (Lipinski definition) is 0. The van der Waals surface area contributed by atoms with Gasteiger partial charge in [-0.25, -0.2) is 15.0 Å². The summed E-state index contributed by atoms with van der Waals surface area (Å²) < 4.78 is 11.5. The van der Waals surface area contributed by atoms with Crippen molar-refractivity contribution in [2.75, 3.05) is 0 Å². The van der Waals surface area contributed by atoms with E-state index in [9.17, 15) is 0 Å². The average molecular weight is 747 g/mol. The number of para-hydroxylation sites is 2. The van der Waals surface area contributed by atoms with Crippen LogP contribution in [0.3, 0.4) is 0 Å². The third-order valence-electron chi connectivity index (χ3n) is 11.1. The van der Waals surface area contributed by atoms with Gasteiger partial charge in [0, 0.05) is 53.0 Å². The third-order valence-corrected chi connectivity index (χ3v) is 12.2. The van der Waals surface area contributed by atoms with Crippen LogP contribution in [0.5, 0.6) is 0 Å². The maximum Gasteiger partial charge on any atom is 0.164 e. The summed E-state index contributed by atoms with van der Waals surface area (Å²) in [4.78, 5) is 15.3. The Bertz CT molecular complexity index is 3420. The molecule has 8 aromatic carbocycles. The van der Waals surface area contributed by atoms with Crippen molar-refractivity contribution in [2.45, 2.75) is 0 Å². The Morgan fingerprint density at radius 3 is 1.47 bits per heavy atom. The summed E-state index contributed by atoms with van der Waals surface area (Å²) in [5.41, 5.74) is 10.2. The minimum Gasteiger partial charge on any atom is -0.456 e. The largest absolute Gasteiger partial charge is 0.456 e. The highest BCUT2D eigenvalue weighted by Gasteiger charge is 2.23. The maximum absolute atomic E-state index is 6.72. The Morgan fingerprint density at radius 1 is 0.368 bits per heavy atom. The standard InChI is InChI=1S/C51H30N4OS/c1-3-15-31(16-4-1)49-52-50(32-17-5-2-6-18-32)54-51(53-49)37-23-13-30-44-47(37)46-36(22-12-29-43(46)57-44)35-21-11-27-41-45(35)48-40(26-14-28-42(48)56-41)55-38-24-9-7-19-33(38)34-20-8-10-25-39(34)55/h1-30H. The van der Waals surface area contributed by atoms with Crippen LogP contribution in [0, 0.1) is 0 Å². The number of benzene rings is 8. The molecule has 12 rings (SSSR count). The van der Waals surface area contributed by atoms with Crippen molar-refractivity contribution >= 4 is 75.3 Å². The minimum absolute atomic E-state index is 0.642. The van der Waals surface area contributed by atoms with E-state index in [0.29, 0.717) is 17.5 Å². The van der Waals surface area contributed by atoms with E-state index < -0.39 is 0 Å². The number of thiophene rings is 1. The van der Waals surface area contributed by atoms with Gasteiger partial charge in [0.1, 0.15) is 11.2 Å². The van der Waals surface area contributed by atoms with Gasteiger partial charge in [-0.05, 0) is 53.6 Å². The SMILES string of the molecule is c1ccc(-c2nc(-c3ccccc3)nc(-c3cccc4sc5cccc(-c6cccc7oc8cccc(-n9c%10ccccc%10c%10ccccc%109)c8c67)c5c34)n2)cc1. The molecule has 0 N–H and O–H groups in total. The number of nitrogens with zero attached hydrogens (tertiary/aromatic N) is 4. The lowest BCUT2D eigenvalue weighted by atomic mass is 9.93. The molecule has 4 heterocycles. The summed E-state index contributed by atoms with van der Waals surface area (Å²) in [6, 6.07) is 63.6. The van der Waals surface area contributed by atoms with E-state index in [1.54, 1.807) is 11.3 Å². The van der Waals surface area contributed by atoms with Crippen LogP contribution < -0.4 is 0 Å². The zero-order valence-electron chi connectivity index (χ0n) is 30.4. The number of hydrogen-bond acceptors (Lipinski definition) is 5. The van der Waals surface area contributed by atoms with Crippen molar-refractivity contribution in [3.63, 3.8) is 0 Å². The van der Waals surface area contributed by atoms with Crippen LogP contribution in [0.4, 0.5) is 0 Å². The fourth-order valence-electron chi connectivity index (χ4n) is 8.65. The van der Waals surface area contributed by atoms with Crippen LogP contribution in [-0.4, -0.2) is 19.5 Å². The molecule has 4 aromatic heterocycles. The second-order valence-corrected chi connectivity index (χ2v) is 15.4. The summed E-state index contributed by atoms with van der Waals surface area (Å²) >= 11 is 1.80. The molecular weight excluding hydrogens is 717 g/mol. The Labute approximate surface area is 330 Å².